The molecule has 1 heterocycles. The number of carbonyl (C=O) groups is 1. The first-order valence-electron chi connectivity index (χ1n) is 10.3. The van der Waals surface area contributed by atoms with Crippen LogP contribution in [0.3, 0.4) is 0 Å². The van der Waals surface area contributed by atoms with E-state index in [0.717, 1.165) is 11.5 Å². The van der Waals surface area contributed by atoms with Crippen LogP contribution in [-0.2, 0) is 21.1 Å². The molecule has 2 aliphatic rings. The number of aryl methyl sites for hydroxylation is 1. The van der Waals surface area contributed by atoms with Crippen molar-refractivity contribution in [2.75, 3.05) is 5.32 Å². The number of hydrogen-bond donors (Lipinski definition) is 1. The summed E-state index contributed by atoms with van der Waals surface area (Å²) in [5.74, 6) is -0.299. The number of rotatable bonds is 7. The van der Waals surface area contributed by atoms with Gasteiger partial charge >= 0.3 is 0 Å². The Balaban J connectivity index is 1.62. The Kier molecular flexibility index (Phi) is 6.20. The lowest BCUT2D eigenvalue weighted by molar-refractivity contribution is -0.111. The van der Waals surface area contributed by atoms with Crippen LogP contribution in [0.4, 0.5) is 13.9 Å². The van der Waals surface area contributed by atoms with Gasteiger partial charge in [0.25, 0.3) is 5.91 Å². The fourth-order valence-electron chi connectivity index (χ4n) is 3.65. The Morgan fingerprint density at radius 1 is 1.19 bits per heavy atom. The van der Waals surface area contributed by atoms with Crippen LogP contribution in [0.15, 0.2) is 35.2 Å². The Labute approximate surface area is 183 Å². The number of aromatic nitrogens is 2. The van der Waals surface area contributed by atoms with E-state index in [9.17, 15) is 22.0 Å². The van der Waals surface area contributed by atoms with Crippen molar-refractivity contribution in [3.8, 4) is 0 Å². The van der Waals surface area contributed by atoms with Gasteiger partial charge in [0, 0.05) is 23.5 Å². The average molecular weight is 468 g/mol. The van der Waals surface area contributed by atoms with Crippen LogP contribution in [0, 0.1) is 5.92 Å². The summed E-state index contributed by atoms with van der Waals surface area (Å²) in [4.78, 5) is 17.4. The van der Waals surface area contributed by atoms with Crippen molar-refractivity contribution in [3.05, 3.63) is 41.7 Å². The third kappa shape index (κ3) is 4.85. The first kappa shape index (κ1) is 22.0. The quantitative estimate of drug-likeness (QED) is 0.618. The van der Waals surface area contributed by atoms with Gasteiger partial charge < -0.3 is 0 Å². The number of carbonyl (C=O) groups excluding carboxylic acids is 1. The lowest BCUT2D eigenvalue weighted by Crippen LogP contribution is -2.15. The maximum Gasteiger partial charge on any atom is 0.257 e. The summed E-state index contributed by atoms with van der Waals surface area (Å²) in [7, 11) is -3.35. The summed E-state index contributed by atoms with van der Waals surface area (Å²) in [6, 6.07) is 6.09. The molecule has 6 nitrogen and oxygen atoms in total. The lowest BCUT2D eigenvalue weighted by atomic mass is 9.98. The molecule has 1 aromatic carbocycles. The Morgan fingerprint density at radius 3 is 2.39 bits per heavy atom. The van der Waals surface area contributed by atoms with E-state index in [-0.39, 0.29) is 28.6 Å². The predicted octanol–water partition coefficient (Wildman–Crippen LogP) is 4.14. The zero-order valence-electron chi connectivity index (χ0n) is 16.9. The summed E-state index contributed by atoms with van der Waals surface area (Å²) in [5.41, 5.74) is 0.708. The number of anilines is 1. The molecule has 166 valence electrons. The van der Waals surface area contributed by atoms with E-state index in [4.69, 9.17) is 0 Å². The van der Waals surface area contributed by atoms with Gasteiger partial charge in [0.2, 0.25) is 5.13 Å². The van der Waals surface area contributed by atoms with E-state index in [1.54, 1.807) is 18.2 Å². The van der Waals surface area contributed by atoms with Gasteiger partial charge in [-0.1, -0.05) is 25.1 Å². The van der Waals surface area contributed by atoms with Crippen molar-refractivity contribution in [3.63, 3.8) is 0 Å². The van der Waals surface area contributed by atoms with Crippen molar-refractivity contribution in [2.45, 2.75) is 61.5 Å². The molecule has 2 saturated carbocycles. The highest BCUT2D eigenvalue weighted by Crippen LogP contribution is 2.36. The first-order valence-corrected chi connectivity index (χ1v) is 12.6. The van der Waals surface area contributed by atoms with Crippen LogP contribution >= 0.6 is 11.5 Å². The summed E-state index contributed by atoms with van der Waals surface area (Å²) >= 11 is 1.05. The van der Waals surface area contributed by atoms with Gasteiger partial charge in [-0.15, -0.1) is 0 Å². The van der Waals surface area contributed by atoms with Crippen molar-refractivity contribution in [2.24, 2.45) is 5.92 Å². The standard InChI is InChI=1S/C21H23F2N3O3S2/c1-2-19-24-21(30-26-19)25-20(27)16(9-12-10-17(22)18(23)11-12)13-3-5-14(6-4-13)31(28,29)15-7-8-15/h3-6,9,12,15,17-18H,2,7-8,10-11H2,1H3,(H,24,25,26,27)/b16-9+/t12-,17+,18-. The number of amides is 1. The topological polar surface area (TPSA) is 89.0 Å². The van der Waals surface area contributed by atoms with E-state index in [0.29, 0.717) is 35.8 Å². The molecule has 1 N–H and O–H groups in total. The van der Waals surface area contributed by atoms with Gasteiger partial charge in [-0.05, 0) is 49.3 Å². The summed E-state index contributed by atoms with van der Waals surface area (Å²) in [6.45, 7) is 1.90. The van der Waals surface area contributed by atoms with Gasteiger partial charge in [0.05, 0.1) is 10.1 Å². The fraction of sp³-hybridized carbons (Fsp3) is 0.476. The largest absolute Gasteiger partial charge is 0.297 e. The Hall–Kier alpha value is -2.20. The molecule has 3 atom stereocenters. The molecule has 1 aromatic heterocycles. The van der Waals surface area contributed by atoms with Crippen molar-refractivity contribution < 1.29 is 22.0 Å². The molecule has 0 spiro atoms. The van der Waals surface area contributed by atoms with Crippen LogP contribution in [0.5, 0.6) is 0 Å². The molecule has 0 aliphatic heterocycles. The molecule has 2 fully saturated rings. The van der Waals surface area contributed by atoms with Gasteiger partial charge in [0.15, 0.2) is 9.84 Å². The molecule has 2 aromatic rings. The monoisotopic (exact) mass is 467 g/mol. The molecule has 2 aliphatic carbocycles. The molecule has 0 saturated heterocycles. The number of alkyl halides is 2. The SMILES string of the molecule is CCc1nsc(NC(=O)/C(=C/[C@H]2C[C@@H](F)[C@@H](F)C2)c2ccc(S(=O)(=O)C3CC3)cc2)n1. The minimum absolute atomic E-state index is 0.00484. The van der Waals surface area contributed by atoms with E-state index < -0.39 is 34.0 Å². The zero-order chi connectivity index (χ0) is 22.2. The minimum atomic E-state index is -3.35. The molecule has 31 heavy (non-hydrogen) atoms. The van der Waals surface area contributed by atoms with Crippen molar-refractivity contribution in [1.29, 1.82) is 0 Å². The smallest absolute Gasteiger partial charge is 0.257 e. The molecule has 0 unspecified atom stereocenters. The zero-order valence-corrected chi connectivity index (χ0v) is 18.6. The number of sulfone groups is 1. The van der Waals surface area contributed by atoms with Gasteiger partial charge in [-0.25, -0.2) is 22.2 Å². The molecule has 0 radical (unpaired) electrons. The van der Waals surface area contributed by atoms with Gasteiger partial charge in [-0.3, -0.25) is 10.1 Å². The first-order chi connectivity index (χ1) is 14.8. The molecule has 4 rings (SSSR count). The Bertz CT molecular complexity index is 1090. The maximum absolute atomic E-state index is 13.7. The maximum atomic E-state index is 13.7. The summed E-state index contributed by atoms with van der Waals surface area (Å²) < 4.78 is 56.4. The van der Waals surface area contributed by atoms with Crippen LogP contribution in [0.1, 0.15) is 44.0 Å². The van der Waals surface area contributed by atoms with Crippen LogP contribution in [-0.4, -0.2) is 41.3 Å². The summed E-state index contributed by atoms with van der Waals surface area (Å²) in [6.07, 6.45) is 0.442. The van der Waals surface area contributed by atoms with Gasteiger partial charge in [-0.2, -0.15) is 4.37 Å². The van der Waals surface area contributed by atoms with Crippen LogP contribution in [0.2, 0.25) is 0 Å². The van der Waals surface area contributed by atoms with Crippen LogP contribution < -0.4 is 5.32 Å². The third-order valence-corrected chi connectivity index (χ3v) is 8.50. The van der Waals surface area contributed by atoms with E-state index >= 15 is 0 Å². The third-order valence-electron chi connectivity index (χ3n) is 5.56. The van der Waals surface area contributed by atoms with Crippen LogP contribution in [0.25, 0.3) is 5.57 Å². The van der Waals surface area contributed by atoms with E-state index in [1.807, 2.05) is 6.92 Å². The predicted molar refractivity (Wildman–Crippen MR) is 115 cm³/mol. The number of nitrogens with zero attached hydrogens (tertiary/aromatic N) is 2. The fourth-order valence-corrected chi connectivity index (χ4v) is 5.96. The van der Waals surface area contributed by atoms with Crippen molar-refractivity contribution >= 4 is 38.0 Å². The normalized spacial score (nSPS) is 24.4. The number of hydrogen-bond acceptors (Lipinski definition) is 6. The minimum Gasteiger partial charge on any atom is -0.297 e. The second-order valence-electron chi connectivity index (χ2n) is 7.94. The molecule has 1 amide bonds. The number of halogens is 2. The second kappa shape index (κ2) is 8.74. The van der Waals surface area contributed by atoms with Crippen molar-refractivity contribution in [1.82, 2.24) is 9.36 Å². The van der Waals surface area contributed by atoms with E-state index in [2.05, 4.69) is 14.7 Å². The lowest BCUT2D eigenvalue weighted by Gasteiger charge is -2.11. The highest BCUT2D eigenvalue weighted by molar-refractivity contribution is 7.92. The molecule has 0 bridgehead atoms. The highest BCUT2D eigenvalue weighted by atomic mass is 32.2. The average Bonchev–Trinajstić information content (AvgIpc) is 3.45. The number of benzene rings is 1. The molecule has 10 heteroatoms. The van der Waals surface area contributed by atoms with E-state index in [1.165, 1.54) is 12.1 Å². The molecular formula is C21H23F2N3O3S2. The summed E-state index contributed by atoms with van der Waals surface area (Å²) in [5, 5.41) is 2.70. The molecular weight excluding hydrogens is 444 g/mol. The number of nitrogens with one attached hydrogen (secondary N) is 1. The highest BCUT2D eigenvalue weighted by Gasteiger charge is 2.37. The Morgan fingerprint density at radius 2 is 1.84 bits per heavy atom. The second-order valence-corrected chi connectivity index (χ2v) is 10.9. The number of allylic oxidation sites excluding steroid dienone is 1. The van der Waals surface area contributed by atoms with Gasteiger partial charge in [0.1, 0.15) is 18.2 Å².